The van der Waals surface area contributed by atoms with Crippen LogP contribution in [0.1, 0.15) is 13.3 Å². The van der Waals surface area contributed by atoms with Gasteiger partial charge in [-0.15, -0.1) is 12.4 Å². The SMILES string of the molecule is CC(N)(C#N)CCF.Cl. The molecule has 0 aromatic heterocycles. The van der Waals surface area contributed by atoms with E-state index in [4.69, 9.17) is 11.0 Å². The molecule has 0 spiro atoms. The molecule has 0 aliphatic heterocycles. The summed E-state index contributed by atoms with van der Waals surface area (Å²) in [5.74, 6) is 0. The van der Waals surface area contributed by atoms with Gasteiger partial charge in [0.2, 0.25) is 0 Å². The van der Waals surface area contributed by atoms with Crippen molar-refractivity contribution in [1.82, 2.24) is 0 Å². The monoisotopic (exact) mass is 152 g/mol. The Morgan fingerprint density at radius 2 is 2.22 bits per heavy atom. The van der Waals surface area contributed by atoms with Crippen LogP contribution in [0.5, 0.6) is 0 Å². The molecule has 0 bridgehead atoms. The van der Waals surface area contributed by atoms with Gasteiger partial charge in [0.1, 0.15) is 5.54 Å². The van der Waals surface area contributed by atoms with E-state index < -0.39 is 12.2 Å². The first-order chi connectivity index (χ1) is 3.62. The second-order valence-electron chi connectivity index (χ2n) is 1.97. The van der Waals surface area contributed by atoms with Crippen LogP contribution in [-0.4, -0.2) is 12.2 Å². The first-order valence-electron chi connectivity index (χ1n) is 2.38. The predicted molar refractivity (Wildman–Crippen MR) is 36.0 cm³/mol. The highest BCUT2D eigenvalue weighted by Crippen LogP contribution is 2.01. The number of halogens is 2. The first kappa shape index (κ1) is 11.5. The fourth-order valence-corrected chi connectivity index (χ4v) is 0.252. The van der Waals surface area contributed by atoms with Crippen molar-refractivity contribution in [2.24, 2.45) is 5.73 Å². The Hall–Kier alpha value is -0.330. The van der Waals surface area contributed by atoms with Gasteiger partial charge in [-0.1, -0.05) is 0 Å². The van der Waals surface area contributed by atoms with Crippen LogP contribution in [0.15, 0.2) is 0 Å². The molecule has 2 N–H and O–H groups in total. The Morgan fingerprint density at radius 1 is 1.78 bits per heavy atom. The molecule has 0 aliphatic carbocycles. The second kappa shape index (κ2) is 4.54. The summed E-state index contributed by atoms with van der Waals surface area (Å²) in [5.41, 5.74) is 4.25. The van der Waals surface area contributed by atoms with Crippen LogP contribution in [0.3, 0.4) is 0 Å². The molecule has 0 fully saturated rings. The van der Waals surface area contributed by atoms with E-state index in [1.165, 1.54) is 6.92 Å². The van der Waals surface area contributed by atoms with E-state index in [9.17, 15) is 4.39 Å². The maximum Gasteiger partial charge on any atom is 0.103 e. The van der Waals surface area contributed by atoms with Crippen LogP contribution in [0, 0.1) is 11.3 Å². The van der Waals surface area contributed by atoms with Crippen LogP contribution in [0.4, 0.5) is 4.39 Å². The van der Waals surface area contributed by atoms with Crippen molar-refractivity contribution < 1.29 is 4.39 Å². The van der Waals surface area contributed by atoms with E-state index in [1.54, 1.807) is 6.07 Å². The highest BCUT2D eigenvalue weighted by atomic mass is 35.5. The molecule has 9 heavy (non-hydrogen) atoms. The fraction of sp³-hybridized carbons (Fsp3) is 0.800. The Bertz CT molecular complexity index is 108. The van der Waals surface area contributed by atoms with Crippen LogP contribution in [0.2, 0.25) is 0 Å². The van der Waals surface area contributed by atoms with Crippen LogP contribution >= 0.6 is 12.4 Å². The molecule has 1 unspecified atom stereocenters. The number of hydrogen-bond donors (Lipinski definition) is 1. The molecule has 54 valence electrons. The first-order valence-corrected chi connectivity index (χ1v) is 2.38. The van der Waals surface area contributed by atoms with Gasteiger partial charge in [0.15, 0.2) is 0 Å². The minimum Gasteiger partial charge on any atom is -0.314 e. The minimum atomic E-state index is -0.977. The highest BCUT2D eigenvalue weighted by Gasteiger charge is 2.15. The van der Waals surface area contributed by atoms with Crippen LogP contribution in [0.25, 0.3) is 0 Å². The summed E-state index contributed by atoms with van der Waals surface area (Å²) in [5, 5.41) is 8.18. The van der Waals surface area contributed by atoms with E-state index in [1.807, 2.05) is 0 Å². The average molecular weight is 153 g/mol. The fourth-order valence-electron chi connectivity index (χ4n) is 0.252. The van der Waals surface area contributed by atoms with Gasteiger partial charge in [-0.05, 0) is 6.92 Å². The zero-order valence-corrected chi connectivity index (χ0v) is 6.04. The van der Waals surface area contributed by atoms with E-state index in [0.717, 1.165) is 0 Å². The third kappa shape index (κ3) is 5.54. The molecular formula is C5H10ClFN2. The molecule has 0 radical (unpaired) electrons. The average Bonchev–Trinajstić information content (AvgIpc) is 1.67. The van der Waals surface area contributed by atoms with Gasteiger partial charge >= 0.3 is 0 Å². The Labute approximate surface area is 60.3 Å². The summed E-state index contributed by atoms with van der Waals surface area (Å²) in [6.45, 7) is 0.979. The highest BCUT2D eigenvalue weighted by molar-refractivity contribution is 5.85. The molecule has 0 aliphatic rings. The number of hydrogen-bond acceptors (Lipinski definition) is 2. The number of nitrogens with zero attached hydrogens (tertiary/aromatic N) is 1. The Kier molecular flexibility index (Phi) is 5.78. The maximum atomic E-state index is 11.4. The lowest BCUT2D eigenvalue weighted by Gasteiger charge is -2.10. The van der Waals surface area contributed by atoms with E-state index >= 15 is 0 Å². The van der Waals surface area contributed by atoms with Gasteiger partial charge in [-0.2, -0.15) is 5.26 Å². The zero-order valence-electron chi connectivity index (χ0n) is 5.22. The van der Waals surface area contributed by atoms with E-state index in [-0.39, 0.29) is 18.8 Å². The summed E-state index contributed by atoms with van der Waals surface area (Å²) < 4.78 is 11.4. The molecule has 0 saturated carbocycles. The summed E-state index contributed by atoms with van der Waals surface area (Å²) >= 11 is 0. The van der Waals surface area contributed by atoms with Crippen molar-refractivity contribution in [3.8, 4) is 6.07 Å². The summed E-state index contributed by atoms with van der Waals surface area (Å²) in [4.78, 5) is 0. The molecule has 0 aromatic rings. The Morgan fingerprint density at radius 3 is 2.33 bits per heavy atom. The van der Waals surface area contributed by atoms with E-state index in [0.29, 0.717) is 0 Å². The zero-order chi connectivity index (χ0) is 6.62. The van der Waals surface area contributed by atoms with Gasteiger partial charge in [-0.25, -0.2) is 0 Å². The molecule has 4 heteroatoms. The Balaban J connectivity index is 0. The lowest BCUT2D eigenvalue weighted by molar-refractivity contribution is 0.409. The molecule has 0 amide bonds. The number of rotatable bonds is 2. The van der Waals surface area contributed by atoms with Gasteiger partial charge < -0.3 is 5.73 Å². The van der Waals surface area contributed by atoms with Gasteiger partial charge in [0.25, 0.3) is 0 Å². The molecular weight excluding hydrogens is 143 g/mol. The number of nitriles is 1. The standard InChI is InChI=1S/C5H9FN2.ClH/c1-5(8,4-7)2-3-6;/h2-3,8H2,1H3;1H. The molecule has 2 nitrogen and oxygen atoms in total. The molecule has 1 atom stereocenters. The van der Waals surface area contributed by atoms with Crippen molar-refractivity contribution in [3.63, 3.8) is 0 Å². The topological polar surface area (TPSA) is 49.8 Å². The molecule has 0 saturated heterocycles. The van der Waals surface area contributed by atoms with Gasteiger partial charge in [0, 0.05) is 6.42 Å². The summed E-state index contributed by atoms with van der Waals surface area (Å²) in [6.07, 6.45) is 0.115. The minimum absolute atomic E-state index is 0. The van der Waals surface area contributed by atoms with Crippen molar-refractivity contribution in [2.45, 2.75) is 18.9 Å². The van der Waals surface area contributed by atoms with Gasteiger partial charge in [-0.3, -0.25) is 4.39 Å². The summed E-state index contributed by atoms with van der Waals surface area (Å²) in [7, 11) is 0. The third-order valence-corrected chi connectivity index (χ3v) is 0.869. The largest absolute Gasteiger partial charge is 0.314 e. The van der Waals surface area contributed by atoms with E-state index in [2.05, 4.69) is 0 Å². The van der Waals surface area contributed by atoms with Crippen molar-refractivity contribution >= 4 is 12.4 Å². The lowest BCUT2D eigenvalue weighted by Crippen LogP contribution is -2.34. The molecule has 0 aromatic carbocycles. The molecule has 0 heterocycles. The smallest absolute Gasteiger partial charge is 0.103 e. The van der Waals surface area contributed by atoms with Crippen LogP contribution < -0.4 is 5.73 Å². The van der Waals surface area contributed by atoms with Crippen molar-refractivity contribution in [1.29, 1.82) is 5.26 Å². The number of alkyl halides is 1. The van der Waals surface area contributed by atoms with Gasteiger partial charge in [0.05, 0.1) is 12.7 Å². The summed E-state index contributed by atoms with van der Waals surface area (Å²) in [6, 6.07) is 1.78. The van der Waals surface area contributed by atoms with Crippen LogP contribution in [-0.2, 0) is 0 Å². The third-order valence-electron chi connectivity index (χ3n) is 0.869. The van der Waals surface area contributed by atoms with Crippen molar-refractivity contribution in [3.05, 3.63) is 0 Å². The number of nitrogens with two attached hydrogens (primary N) is 1. The molecule has 0 rings (SSSR count). The normalized spacial score (nSPS) is 14.9. The lowest BCUT2D eigenvalue weighted by atomic mass is 10.0. The van der Waals surface area contributed by atoms with Crippen molar-refractivity contribution in [2.75, 3.05) is 6.67 Å². The maximum absolute atomic E-state index is 11.4. The quantitative estimate of drug-likeness (QED) is 0.642. The second-order valence-corrected chi connectivity index (χ2v) is 1.97. The predicted octanol–water partition coefficient (Wildman–Crippen LogP) is 1.01.